The van der Waals surface area contributed by atoms with Gasteiger partial charge < -0.3 is 15.4 Å². The number of hydrogen-bond acceptors (Lipinski definition) is 6. The van der Waals surface area contributed by atoms with Gasteiger partial charge in [0, 0.05) is 31.5 Å². The number of hydrogen-bond donors (Lipinski definition) is 1. The van der Waals surface area contributed by atoms with Crippen molar-refractivity contribution in [3.63, 3.8) is 0 Å². The fourth-order valence-corrected chi connectivity index (χ4v) is 3.35. The molecule has 0 unspecified atom stereocenters. The zero-order chi connectivity index (χ0) is 20.8. The molecule has 9 nitrogen and oxygen atoms in total. The highest BCUT2D eigenvalue weighted by Crippen LogP contribution is 2.27. The smallest absolute Gasteiger partial charge is 0.410 e. The van der Waals surface area contributed by atoms with E-state index in [1.54, 1.807) is 22.0 Å². The molecule has 0 fully saturated rings. The Morgan fingerprint density at radius 3 is 2.72 bits per heavy atom. The fourth-order valence-electron chi connectivity index (χ4n) is 3.35. The molecule has 0 aromatic carbocycles. The van der Waals surface area contributed by atoms with Gasteiger partial charge in [-0.3, -0.25) is 9.08 Å². The van der Waals surface area contributed by atoms with E-state index < -0.39 is 5.60 Å². The molecule has 3 aromatic rings. The summed E-state index contributed by atoms with van der Waals surface area (Å²) in [5.41, 5.74) is 9.71. The Morgan fingerprint density at radius 1 is 1.24 bits per heavy atom. The van der Waals surface area contributed by atoms with E-state index in [0.29, 0.717) is 30.2 Å². The molecule has 2 N–H and O–H groups in total. The van der Waals surface area contributed by atoms with Crippen molar-refractivity contribution in [3.8, 4) is 11.3 Å². The van der Waals surface area contributed by atoms with Crippen molar-refractivity contribution in [3.05, 3.63) is 36.6 Å². The van der Waals surface area contributed by atoms with E-state index in [-0.39, 0.29) is 6.09 Å². The van der Waals surface area contributed by atoms with Gasteiger partial charge in [-0.05, 0) is 32.8 Å². The maximum absolute atomic E-state index is 12.5. The Bertz CT molecular complexity index is 1100. The van der Waals surface area contributed by atoms with Gasteiger partial charge in [0.2, 0.25) is 0 Å². The Labute approximate surface area is 168 Å². The van der Waals surface area contributed by atoms with E-state index in [1.807, 2.05) is 44.6 Å². The van der Waals surface area contributed by atoms with Crippen molar-refractivity contribution < 1.29 is 9.53 Å². The minimum absolute atomic E-state index is 0.323. The first-order valence-electron chi connectivity index (χ1n) is 9.51. The summed E-state index contributed by atoms with van der Waals surface area (Å²) in [7, 11) is 1.87. The Hall–Kier alpha value is -3.36. The molecule has 1 amide bonds. The molecule has 0 spiro atoms. The molecule has 4 heterocycles. The van der Waals surface area contributed by atoms with Crippen LogP contribution in [0, 0.1) is 0 Å². The molecule has 0 aliphatic carbocycles. The number of carbonyl (C=O) groups is 1. The van der Waals surface area contributed by atoms with Gasteiger partial charge in [0.1, 0.15) is 5.60 Å². The minimum Gasteiger partial charge on any atom is -0.444 e. The maximum atomic E-state index is 12.5. The van der Waals surface area contributed by atoms with E-state index in [2.05, 4.69) is 21.1 Å². The lowest BCUT2D eigenvalue weighted by Crippen LogP contribution is -2.39. The standard InChI is InChI=1S/C20H25N7O2/c1-20(2,3)29-19(28)26-7-5-6-13(11-26)15-12-27-16(14-8-23-25(4)10-14)9-22-18(27)17(21)24-15/h6,8-10,12H,5,7,11H2,1-4H3,(H2,21,24). The molecule has 3 aromatic heterocycles. The van der Waals surface area contributed by atoms with Crippen LogP contribution in [0.1, 0.15) is 32.9 Å². The summed E-state index contributed by atoms with van der Waals surface area (Å²) < 4.78 is 9.17. The quantitative estimate of drug-likeness (QED) is 0.716. The number of nitrogens with zero attached hydrogens (tertiary/aromatic N) is 6. The Balaban J connectivity index is 1.67. The third-order valence-electron chi connectivity index (χ3n) is 4.65. The van der Waals surface area contributed by atoms with Crippen LogP contribution in [0.3, 0.4) is 0 Å². The van der Waals surface area contributed by atoms with Crippen LogP contribution in [0.15, 0.2) is 30.9 Å². The average molecular weight is 395 g/mol. The normalized spacial score (nSPS) is 14.9. The molecule has 0 radical (unpaired) electrons. The second kappa shape index (κ2) is 6.91. The number of amides is 1. The van der Waals surface area contributed by atoms with Gasteiger partial charge >= 0.3 is 6.09 Å². The highest BCUT2D eigenvalue weighted by atomic mass is 16.6. The molecule has 29 heavy (non-hydrogen) atoms. The second-order valence-corrected chi connectivity index (χ2v) is 8.17. The third-order valence-corrected chi connectivity index (χ3v) is 4.65. The molecule has 4 rings (SSSR count). The highest BCUT2D eigenvalue weighted by molar-refractivity contribution is 5.76. The molecular weight excluding hydrogens is 370 g/mol. The predicted molar refractivity (Wildman–Crippen MR) is 110 cm³/mol. The summed E-state index contributed by atoms with van der Waals surface area (Å²) in [6.45, 7) is 6.62. The van der Waals surface area contributed by atoms with Gasteiger partial charge in [0.05, 0.1) is 30.3 Å². The van der Waals surface area contributed by atoms with Gasteiger partial charge in [-0.25, -0.2) is 14.8 Å². The van der Waals surface area contributed by atoms with E-state index in [1.165, 1.54) is 0 Å². The van der Waals surface area contributed by atoms with Gasteiger partial charge in [0.15, 0.2) is 11.5 Å². The number of nitrogen functional groups attached to an aromatic ring is 1. The number of carbonyl (C=O) groups excluding carboxylic acids is 1. The summed E-state index contributed by atoms with van der Waals surface area (Å²) in [5.74, 6) is 0.341. The lowest BCUT2D eigenvalue weighted by molar-refractivity contribution is 0.0273. The first-order valence-corrected chi connectivity index (χ1v) is 9.51. The van der Waals surface area contributed by atoms with E-state index in [9.17, 15) is 4.79 Å². The summed E-state index contributed by atoms with van der Waals surface area (Å²) in [5, 5.41) is 4.23. The van der Waals surface area contributed by atoms with Crippen LogP contribution in [0.2, 0.25) is 0 Å². The van der Waals surface area contributed by atoms with Crippen molar-refractivity contribution in [2.24, 2.45) is 7.05 Å². The SMILES string of the molecule is Cn1cc(-c2cnc3c(N)nc(C4=CCCN(C(=O)OC(C)(C)C)C4)cn23)cn1. The van der Waals surface area contributed by atoms with Crippen molar-refractivity contribution in [2.45, 2.75) is 32.8 Å². The van der Waals surface area contributed by atoms with E-state index >= 15 is 0 Å². The van der Waals surface area contributed by atoms with Gasteiger partial charge in [-0.2, -0.15) is 5.10 Å². The number of nitrogens with two attached hydrogens (primary N) is 1. The van der Waals surface area contributed by atoms with Crippen LogP contribution in [0.5, 0.6) is 0 Å². The molecule has 1 aliphatic rings. The molecule has 9 heteroatoms. The second-order valence-electron chi connectivity index (χ2n) is 8.17. The zero-order valence-electron chi connectivity index (χ0n) is 17.1. The monoisotopic (exact) mass is 395 g/mol. The summed E-state index contributed by atoms with van der Waals surface area (Å²) in [6, 6.07) is 0. The van der Waals surface area contributed by atoms with Crippen LogP contribution in [0.25, 0.3) is 22.5 Å². The number of aryl methyl sites for hydroxylation is 1. The summed E-state index contributed by atoms with van der Waals surface area (Å²) >= 11 is 0. The Kier molecular flexibility index (Phi) is 4.52. The number of rotatable bonds is 2. The Morgan fingerprint density at radius 2 is 2.03 bits per heavy atom. The van der Waals surface area contributed by atoms with E-state index in [0.717, 1.165) is 23.3 Å². The number of ether oxygens (including phenoxy) is 1. The molecule has 1 aliphatic heterocycles. The molecule has 0 atom stereocenters. The lowest BCUT2D eigenvalue weighted by atomic mass is 10.1. The fraction of sp³-hybridized carbons (Fsp3) is 0.400. The van der Waals surface area contributed by atoms with Crippen molar-refractivity contribution >= 4 is 23.1 Å². The topological polar surface area (TPSA) is 104 Å². The number of imidazole rings is 1. The van der Waals surface area contributed by atoms with Crippen LogP contribution < -0.4 is 5.73 Å². The molecule has 0 saturated carbocycles. The minimum atomic E-state index is -0.532. The lowest BCUT2D eigenvalue weighted by Gasteiger charge is -2.30. The van der Waals surface area contributed by atoms with Crippen molar-refractivity contribution in [1.82, 2.24) is 29.0 Å². The van der Waals surface area contributed by atoms with Gasteiger partial charge in [0.25, 0.3) is 0 Å². The van der Waals surface area contributed by atoms with Gasteiger partial charge in [-0.1, -0.05) is 6.08 Å². The largest absolute Gasteiger partial charge is 0.444 e. The van der Waals surface area contributed by atoms with Crippen LogP contribution in [-0.4, -0.2) is 53.8 Å². The molecule has 152 valence electrons. The average Bonchev–Trinajstić information content (AvgIpc) is 3.26. The number of aromatic nitrogens is 5. The van der Waals surface area contributed by atoms with Crippen LogP contribution in [-0.2, 0) is 11.8 Å². The number of fused-ring (bicyclic) bond motifs is 1. The van der Waals surface area contributed by atoms with Gasteiger partial charge in [-0.15, -0.1) is 0 Å². The zero-order valence-corrected chi connectivity index (χ0v) is 17.1. The summed E-state index contributed by atoms with van der Waals surface area (Å²) in [6.07, 6.45) is 9.87. The van der Waals surface area contributed by atoms with Crippen molar-refractivity contribution in [2.75, 3.05) is 18.8 Å². The van der Waals surface area contributed by atoms with Crippen LogP contribution >= 0.6 is 0 Å². The van der Waals surface area contributed by atoms with Crippen molar-refractivity contribution in [1.29, 1.82) is 0 Å². The number of anilines is 1. The first-order chi connectivity index (χ1) is 13.7. The predicted octanol–water partition coefficient (Wildman–Crippen LogP) is 2.74. The molecule has 0 bridgehead atoms. The van der Waals surface area contributed by atoms with Crippen LogP contribution in [0.4, 0.5) is 10.6 Å². The van der Waals surface area contributed by atoms with E-state index in [4.69, 9.17) is 10.5 Å². The molecular formula is C20H25N7O2. The summed E-state index contributed by atoms with van der Waals surface area (Å²) in [4.78, 5) is 23.1. The molecule has 0 saturated heterocycles. The maximum Gasteiger partial charge on any atom is 0.410 e. The third kappa shape index (κ3) is 3.80. The first kappa shape index (κ1) is 19.0. The highest BCUT2D eigenvalue weighted by Gasteiger charge is 2.25.